The van der Waals surface area contributed by atoms with E-state index in [2.05, 4.69) is 10.3 Å². The van der Waals surface area contributed by atoms with Crippen molar-refractivity contribution < 1.29 is 9.53 Å². The second-order valence-corrected chi connectivity index (χ2v) is 4.20. The number of ether oxygens (including phenoxy) is 1. The van der Waals surface area contributed by atoms with Crippen LogP contribution in [0.3, 0.4) is 0 Å². The number of amides is 1. The molecule has 2 atom stereocenters. The van der Waals surface area contributed by atoms with Gasteiger partial charge in [-0.05, 0) is 19.4 Å². The maximum Gasteiger partial charge on any atom is 0.231 e. The van der Waals surface area contributed by atoms with Crippen molar-refractivity contribution in [3.63, 3.8) is 0 Å². The van der Waals surface area contributed by atoms with Crippen molar-refractivity contribution in [2.75, 3.05) is 11.9 Å². The summed E-state index contributed by atoms with van der Waals surface area (Å²) < 4.78 is 5.23. The van der Waals surface area contributed by atoms with Crippen LogP contribution in [0.5, 0.6) is 5.88 Å². The van der Waals surface area contributed by atoms with E-state index in [-0.39, 0.29) is 17.9 Å². The fourth-order valence-corrected chi connectivity index (χ4v) is 1.84. The van der Waals surface area contributed by atoms with E-state index >= 15 is 0 Å². The van der Waals surface area contributed by atoms with Gasteiger partial charge in [0, 0.05) is 12.1 Å². The van der Waals surface area contributed by atoms with E-state index in [1.165, 1.54) is 0 Å². The Morgan fingerprint density at radius 2 is 2.39 bits per heavy atom. The minimum Gasteiger partial charge on any atom is -0.478 e. The molecule has 3 N–H and O–H groups in total. The highest BCUT2D eigenvalue weighted by Gasteiger charge is 2.22. The average Bonchev–Trinajstić information content (AvgIpc) is 2.79. The van der Waals surface area contributed by atoms with Gasteiger partial charge in [0.1, 0.15) is 0 Å². The Morgan fingerprint density at radius 1 is 1.56 bits per heavy atom. The van der Waals surface area contributed by atoms with Crippen molar-refractivity contribution in [1.29, 1.82) is 0 Å². The molecular weight excluding hydrogens is 230 g/mol. The Labute approximate surface area is 106 Å². The number of nitrogens with zero attached hydrogens (tertiary/aromatic N) is 1. The van der Waals surface area contributed by atoms with Gasteiger partial charge in [0.25, 0.3) is 0 Å². The standard InChI is InChI=1S/C13H17N3O2/c1-2-18-12-6-5-11(8-15-12)16-13(17)9-3-4-10(14)7-9/h3-6,8-10H,2,7,14H2,1H3,(H,16,17). The topological polar surface area (TPSA) is 77.2 Å². The van der Waals surface area contributed by atoms with Crippen molar-refractivity contribution in [1.82, 2.24) is 4.98 Å². The van der Waals surface area contributed by atoms with Crippen molar-refractivity contribution in [3.8, 4) is 5.88 Å². The Morgan fingerprint density at radius 3 is 2.94 bits per heavy atom. The maximum absolute atomic E-state index is 11.9. The van der Waals surface area contributed by atoms with E-state index in [9.17, 15) is 4.79 Å². The van der Waals surface area contributed by atoms with E-state index in [4.69, 9.17) is 10.5 Å². The molecule has 5 nitrogen and oxygen atoms in total. The predicted octanol–water partition coefficient (Wildman–Crippen LogP) is 1.32. The number of rotatable bonds is 4. The molecule has 0 saturated heterocycles. The average molecular weight is 247 g/mol. The van der Waals surface area contributed by atoms with E-state index in [1.807, 2.05) is 19.1 Å². The van der Waals surface area contributed by atoms with Crippen molar-refractivity contribution in [2.24, 2.45) is 11.7 Å². The molecule has 0 fully saturated rings. The van der Waals surface area contributed by atoms with Gasteiger partial charge < -0.3 is 15.8 Å². The summed E-state index contributed by atoms with van der Waals surface area (Å²) in [6.07, 6.45) is 5.96. The highest BCUT2D eigenvalue weighted by Crippen LogP contribution is 2.19. The van der Waals surface area contributed by atoms with Crippen LogP contribution in [-0.2, 0) is 4.79 Å². The SMILES string of the molecule is CCOc1ccc(NC(=O)C2C=CC(N)C2)cn1. The van der Waals surface area contributed by atoms with Gasteiger partial charge in [-0.15, -0.1) is 0 Å². The summed E-state index contributed by atoms with van der Waals surface area (Å²) in [7, 11) is 0. The third kappa shape index (κ3) is 3.07. The molecule has 1 amide bonds. The van der Waals surface area contributed by atoms with Crippen LogP contribution in [0, 0.1) is 5.92 Å². The minimum absolute atomic E-state index is 0.0146. The maximum atomic E-state index is 11.9. The van der Waals surface area contributed by atoms with Gasteiger partial charge in [0.15, 0.2) is 0 Å². The van der Waals surface area contributed by atoms with Crippen molar-refractivity contribution in [2.45, 2.75) is 19.4 Å². The molecule has 1 aromatic heterocycles. The van der Waals surface area contributed by atoms with Gasteiger partial charge in [-0.25, -0.2) is 4.98 Å². The summed E-state index contributed by atoms with van der Waals surface area (Å²) >= 11 is 0. The number of nitrogens with one attached hydrogen (secondary N) is 1. The second-order valence-electron chi connectivity index (χ2n) is 4.20. The molecule has 0 spiro atoms. The largest absolute Gasteiger partial charge is 0.478 e. The lowest BCUT2D eigenvalue weighted by molar-refractivity contribution is -0.118. The Balaban J connectivity index is 1.93. The van der Waals surface area contributed by atoms with E-state index < -0.39 is 0 Å². The summed E-state index contributed by atoms with van der Waals surface area (Å²) in [5.41, 5.74) is 6.38. The van der Waals surface area contributed by atoms with Crippen LogP contribution in [0.15, 0.2) is 30.5 Å². The first-order valence-corrected chi connectivity index (χ1v) is 6.02. The molecule has 18 heavy (non-hydrogen) atoms. The normalized spacial score (nSPS) is 21.9. The number of aromatic nitrogens is 1. The Hall–Kier alpha value is -1.88. The third-order valence-corrected chi connectivity index (χ3v) is 2.75. The van der Waals surface area contributed by atoms with Crippen molar-refractivity contribution in [3.05, 3.63) is 30.5 Å². The lowest BCUT2D eigenvalue weighted by atomic mass is 10.1. The van der Waals surface area contributed by atoms with Gasteiger partial charge in [0.05, 0.1) is 24.4 Å². The van der Waals surface area contributed by atoms with Crippen LogP contribution < -0.4 is 15.8 Å². The Bertz CT molecular complexity index is 442. The zero-order chi connectivity index (χ0) is 13.0. The fourth-order valence-electron chi connectivity index (χ4n) is 1.84. The number of hydrogen-bond donors (Lipinski definition) is 2. The molecule has 1 aliphatic rings. The summed E-state index contributed by atoms with van der Waals surface area (Å²) in [4.78, 5) is 16.0. The highest BCUT2D eigenvalue weighted by molar-refractivity contribution is 5.93. The molecular formula is C13H17N3O2. The van der Waals surface area contributed by atoms with Crippen molar-refractivity contribution >= 4 is 11.6 Å². The first kappa shape index (κ1) is 12.6. The van der Waals surface area contributed by atoms with Gasteiger partial charge in [0.2, 0.25) is 11.8 Å². The van der Waals surface area contributed by atoms with Crippen LogP contribution in [0.1, 0.15) is 13.3 Å². The molecule has 1 aromatic rings. The van der Waals surface area contributed by atoms with Crippen LogP contribution in [0.4, 0.5) is 5.69 Å². The molecule has 5 heteroatoms. The number of carbonyl (C=O) groups is 1. The van der Waals surface area contributed by atoms with Crippen LogP contribution in [0.25, 0.3) is 0 Å². The molecule has 0 aliphatic heterocycles. The number of carbonyl (C=O) groups excluding carboxylic acids is 1. The molecule has 2 unspecified atom stereocenters. The summed E-state index contributed by atoms with van der Waals surface area (Å²) in [6, 6.07) is 3.49. The summed E-state index contributed by atoms with van der Waals surface area (Å²) in [5.74, 6) is 0.356. The molecule has 0 saturated carbocycles. The molecule has 1 heterocycles. The highest BCUT2D eigenvalue weighted by atomic mass is 16.5. The quantitative estimate of drug-likeness (QED) is 0.787. The van der Waals surface area contributed by atoms with Gasteiger partial charge in [-0.1, -0.05) is 12.2 Å². The van der Waals surface area contributed by atoms with Gasteiger partial charge >= 0.3 is 0 Å². The number of pyridine rings is 1. The predicted molar refractivity (Wildman–Crippen MR) is 69.3 cm³/mol. The third-order valence-electron chi connectivity index (χ3n) is 2.75. The first-order chi connectivity index (χ1) is 8.69. The number of nitrogens with two attached hydrogens (primary N) is 1. The summed E-state index contributed by atoms with van der Waals surface area (Å²) in [5, 5.41) is 2.81. The Kier molecular flexibility index (Phi) is 3.94. The van der Waals surface area contributed by atoms with E-state index in [0.29, 0.717) is 24.6 Å². The molecule has 0 bridgehead atoms. The monoisotopic (exact) mass is 247 g/mol. The van der Waals surface area contributed by atoms with Gasteiger partial charge in [-0.3, -0.25) is 4.79 Å². The van der Waals surface area contributed by atoms with Crippen LogP contribution >= 0.6 is 0 Å². The van der Waals surface area contributed by atoms with E-state index in [1.54, 1.807) is 18.3 Å². The van der Waals surface area contributed by atoms with Crippen LogP contribution in [0.2, 0.25) is 0 Å². The zero-order valence-corrected chi connectivity index (χ0v) is 10.3. The molecule has 0 aromatic carbocycles. The van der Waals surface area contributed by atoms with E-state index in [0.717, 1.165) is 0 Å². The lowest BCUT2D eigenvalue weighted by Gasteiger charge is -2.10. The second kappa shape index (κ2) is 5.64. The summed E-state index contributed by atoms with van der Waals surface area (Å²) in [6.45, 7) is 2.47. The smallest absolute Gasteiger partial charge is 0.231 e. The van der Waals surface area contributed by atoms with Crippen LogP contribution in [-0.4, -0.2) is 23.5 Å². The lowest BCUT2D eigenvalue weighted by Crippen LogP contribution is -2.24. The zero-order valence-electron chi connectivity index (χ0n) is 10.3. The number of anilines is 1. The molecule has 96 valence electrons. The molecule has 0 radical (unpaired) electrons. The first-order valence-electron chi connectivity index (χ1n) is 6.02. The number of hydrogen-bond acceptors (Lipinski definition) is 4. The molecule has 1 aliphatic carbocycles. The molecule has 2 rings (SSSR count). The fraction of sp³-hybridized carbons (Fsp3) is 0.385. The minimum atomic E-state index is -0.147. The van der Waals surface area contributed by atoms with Gasteiger partial charge in [-0.2, -0.15) is 0 Å².